The van der Waals surface area contributed by atoms with Crippen LogP contribution in [0.25, 0.3) is 0 Å². The molecule has 14 heavy (non-hydrogen) atoms. The largest absolute Gasteiger partial charge is 0.449 e. The van der Waals surface area contributed by atoms with E-state index in [2.05, 4.69) is 13.2 Å². The van der Waals surface area contributed by atoms with Crippen LogP contribution in [0, 0.1) is 5.92 Å². The van der Waals surface area contributed by atoms with E-state index in [0.717, 1.165) is 0 Å². The van der Waals surface area contributed by atoms with Crippen LogP contribution in [-0.2, 0) is 4.74 Å². The standard InChI is InChI=1S/C11H19NO2/c1-5-7-12(8-6-2)11(13)14-9-10(3)4/h5-6,10H,1-2,7-9H2,3-4H3. The molecule has 0 rings (SSSR count). The molecule has 0 aromatic heterocycles. The van der Waals surface area contributed by atoms with E-state index in [0.29, 0.717) is 25.6 Å². The molecule has 0 saturated carbocycles. The van der Waals surface area contributed by atoms with Crippen molar-refractivity contribution in [1.82, 2.24) is 4.90 Å². The van der Waals surface area contributed by atoms with Crippen LogP contribution in [0.5, 0.6) is 0 Å². The molecule has 0 N–H and O–H groups in total. The SMILES string of the molecule is C=CCN(CC=C)C(=O)OCC(C)C. The van der Waals surface area contributed by atoms with E-state index in [4.69, 9.17) is 4.74 Å². The molecule has 3 nitrogen and oxygen atoms in total. The Morgan fingerprint density at radius 1 is 1.36 bits per heavy atom. The van der Waals surface area contributed by atoms with E-state index in [1.165, 1.54) is 0 Å². The number of carbonyl (C=O) groups excluding carboxylic acids is 1. The average Bonchev–Trinajstić information content (AvgIpc) is 2.14. The number of nitrogens with zero attached hydrogens (tertiary/aromatic N) is 1. The Hall–Kier alpha value is -1.25. The predicted molar refractivity (Wildman–Crippen MR) is 58.2 cm³/mol. The first kappa shape index (κ1) is 12.8. The van der Waals surface area contributed by atoms with Gasteiger partial charge in [0, 0.05) is 13.1 Å². The van der Waals surface area contributed by atoms with Gasteiger partial charge in [-0.3, -0.25) is 0 Å². The maximum atomic E-state index is 11.4. The summed E-state index contributed by atoms with van der Waals surface area (Å²) >= 11 is 0. The highest BCUT2D eigenvalue weighted by Gasteiger charge is 2.11. The minimum Gasteiger partial charge on any atom is -0.449 e. The molecule has 3 heteroatoms. The second-order valence-corrected chi connectivity index (χ2v) is 3.45. The summed E-state index contributed by atoms with van der Waals surface area (Å²) in [6, 6.07) is 0. The maximum Gasteiger partial charge on any atom is 0.410 e. The minimum absolute atomic E-state index is 0.307. The van der Waals surface area contributed by atoms with E-state index in [1.54, 1.807) is 17.1 Å². The van der Waals surface area contributed by atoms with Crippen LogP contribution in [0.4, 0.5) is 4.79 Å². The van der Waals surface area contributed by atoms with Crippen molar-refractivity contribution in [2.75, 3.05) is 19.7 Å². The summed E-state index contributed by atoms with van der Waals surface area (Å²) in [5.74, 6) is 0.355. The van der Waals surface area contributed by atoms with Crippen molar-refractivity contribution in [1.29, 1.82) is 0 Å². The van der Waals surface area contributed by atoms with Crippen molar-refractivity contribution >= 4 is 6.09 Å². The summed E-state index contributed by atoms with van der Waals surface area (Å²) in [5, 5.41) is 0. The van der Waals surface area contributed by atoms with Crippen molar-refractivity contribution in [3.63, 3.8) is 0 Å². The summed E-state index contributed by atoms with van der Waals surface area (Å²) in [5.41, 5.74) is 0. The fourth-order valence-electron chi connectivity index (χ4n) is 0.865. The third-order valence-electron chi connectivity index (χ3n) is 1.50. The van der Waals surface area contributed by atoms with Gasteiger partial charge in [0.25, 0.3) is 0 Å². The van der Waals surface area contributed by atoms with Gasteiger partial charge in [-0.15, -0.1) is 13.2 Å². The molecule has 0 radical (unpaired) electrons. The van der Waals surface area contributed by atoms with Gasteiger partial charge in [0.15, 0.2) is 0 Å². The lowest BCUT2D eigenvalue weighted by molar-refractivity contribution is 0.0991. The lowest BCUT2D eigenvalue weighted by atomic mass is 10.2. The maximum absolute atomic E-state index is 11.4. The van der Waals surface area contributed by atoms with Crippen LogP contribution in [-0.4, -0.2) is 30.7 Å². The zero-order valence-electron chi connectivity index (χ0n) is 9.03. The highest BCUT2D eigenvalue weighted by atomic mass is 16.6. The first-order chi connectivity index (χ1) is 6.61. The van der Waals surface area contributed by atoms with E-state index >= 15 is 0 Å². The third-order valence-corrected chi connectivity index (χ3v) is 1.50. The van der Waals surface area contributed by atoms with Crippen molar-refractivity contribution in [3.8, 4) is 0 Å². The lowest BCUT2D eigenvalue weighted by Gasteiger charge is -2.19. The number of amides is 1. The third kappa shape index (κ3) is 5.41. The Balaban J connectivity index is 4.00. The Morgan fingerprint density at radius 3 is 2.21 bits per heavy atom. The minimum atomic E-state index is -0.307. The molecule has 0 saturated heterocycles. The van der Waals surface area contributed by atoms with Crippen molar-refractivity contribution in [2.45, 2.75) is 13.8 Å². The van der Waals surface area contributed by atoms with E-state index in [1.807, 2.05) is 13.8 Å². The van der Waals surface area contributed by atoms with Crippen molar-refractivity contribution < 1.29 is 9.53 Å². The van der Waals surface area contributed by atoms with Crippen LogP contribution in [0.1, 0.15) is 13.8 Å². The molecule has 0 unspecified atom stereocenters. The van der Waals surface area contributed by atoms with Gasteiger partial charge in [-0.1, -0.05) is 26.0 Å². The second kappa shape index (κ2) is 7.18. The van der Waals surface area contributed by atoms with Crippen molar-refractivity contribution in [3.05, 3.63) is 25.3 Å². The van der Waals surface area contributed by atoms with Crippen LogP contribution in [0.15, 0.2) is 25.3 Å². The molecule has 0 aliphatic heterocycles. The van der Waals surface area contributed by atoms with Crippen LogP contribution in [0.3, 0.4) is 0 Å². The smallest absolute Gasteiger partial charge is 0.410 e. The Bertz CT molecular complexity index is 189. The zero-order chi connectivity index (χ0) is 11.0. The highest BCUT2D eigenvalue weighted by Crippen LogP contribution is 1.99. The molecule has 0 aromatic rings. The molecule has 80 valence electrons. The summed E-state index contributed by atoms with van der Waals surface area (Å²) < 4.78 is 5.06. The molecule has 0 spiro atoms. The van der Waals surface area contributed by atoms with Gasteiger partial charge in [-0.2, -0.15) is 0 Å². The number of ether oxygens (including phenoxy) is 1. The monoisotopic (exact) mass is 197 g/mol. The molecular formula is C11H19NO2. The molecule has 0 heterocycles. The van der Waals surface area contributed by atoms with E-state index in [-0.39, 0.29) is 6.09 Å². The van der Waals surface area contributed by atoms with Gasteiger partial charge in [-0.05, 0) is 5.92 Å². The molecule has 0 aliphatic rings. The summed E-state index contributed by atoms with van der Waals surface area (Å²) in [4.78, 5) is 13.0. The number of hydrogen-bond donors (Lipinski definition) is 0. The van der Waals surface area contributed by atoms with E-state index in [9.17, 15) is 4.79 Å². The topological polar surface area (TPSA) is 29.5 Å². The highest BCUT2D eigenvalue weighted by molar-refractivity contribution is 5.68. The van der Waals surface area contributed by atoms with Crippen molar-refractivity contribution in [2.24, 2.45) is 5.92 Å². The quantitative estimate of drug-likeness (QED) is 0.612. The first-order valence-corrected chi connectivity index (χ1v) is 4.75. The number of carbonyl (C=O) groups is 1. The summed E-state index contributed by atoms with van der Waals surface area (Å²) in [6.45, 7) is 12.6. The van der Waals surface area contributed by atoms with Crippen LogP contribution in [0.2, 0.25) is 0 Å². The first-order valence-electron chi connectivity index (χ1n) is 4.75. The zero-order valence-corrected chi connectivity index (χ0v) is 9.03. The Labute approximate surface area is 86.0 Å². The van der Waals surface area contributed by atoms with Crippen LogP contribution < -0.4 is 0 Å². The molecule has 1 amide bonds. The van der Waals surface area contributed by atoms with Gasteiger partial charge >= 0.3 is 6.09 Å². The molecule has 0 aliphatic carbocycles. The van der Waals surface area contributed by atoms with E-state index < -0.39 is 0 Å². The molecule has 0 fully saturated rings. The number of hydrogen-bond acceptors (Lipinski definition) is 2. The molecule has 0 aromatic carbocycles. The summed E-state index contributed by atoms with van der Waals surface area (Å²) in [7, 11) is 0. The molecule has 0 atom stereocenters. The average molecular weight is 197 g/mol. The van der Waals surface area contributed by atoms with Gasteiger partial charge in [0.05, 0.1) is 6.61 Å². The van der Waals surface area contributed by atoms with Gasteiger partial charge in [-0.25, -0.2) is 4.79 Å². The van der Waals surface area contributed by atoms with Crippen LogP contribution >= 0.6 is 0 Å². The fraction of sp³-hybridized carbons (Fsp3) is 0.545. The fourth-order valence-corrected chi connectivity index (χ4v) is 0.865. The molecular weight excluding hydrogens is 178 g/mol. The lowest BCUT2D eigenvalue weighted by Crippen LogP contribution is -2.32. The van der Waals surface area contributed by atoms with Gasteiger partial charge in [0.1, 0.15) is 0 Å². The predicted octanol–water partition coefficient (Wildman–Crippen LogP) is 2.45. The molecule has 0 bridgehead atoms. The van der Waals surface area contributed by atoms with Gasteiger partial charge < -0.3 is 9.64 Å². The normalized spacial score (nSPS) is 9.64. The Kier molecular flexibility index (Phi) is 6.54. The van der Waals surface area contributed by atoms with Gasteiger partial charge in [0.2, 0.25) is 0 Å². The Morgan fingerprint density at radius 2 is 1.86 bits per heavy atom. The summed E-state index contributed by atoms with van der Waals surface area (Å²) in [6.07, 6.45) is 3.03. The number of rotatable bonds is 6. The second-order valence-electron chi connectivity index (χ2n) is 3.45.